The number of benzene rings is 2. The van der Waals surface area contributed by atoms with Gasteiger partial charge in [-0.2, -0.15) is 5.06 Å². The Morgan fingerprint density at radius 3 is 2.40 bits per heavy atom. The standard InChI is InChI=1S/C48H67N3O11/c1-6-8-12-25-47(26-13-9-7-2)60-40-37-29-48(45(57)49-27-24-38(54)50-35(31-52)22-23-39(55)59-46(3,4)5)42(44(56)58-37)51(62-43(48)41(40)61-47)30-33-18-14-16-32(28-33)17-15-20-34-19-10-11-21-36(34)53/h10-11,14-19,21,28,35,37,40-43,52-53H,6-9,12-13,20,22-27,29-31H2,1-5H3,(H,49,57)(H,50,54)/t35-,37+,40-,41-,42-,43+,48-/m0/s1. The number of carbonyl (C=O) groups is 4. The van der Waals surface area contributed by atoms with Crippen LogP contribution < -0.4 is 10.6 Å². The van der Waals surface area contributed by atoms with E-state index in [2.05, 4.69) is 24.5 Å². The van der Waals surface area contributed by atoms with Gasteiger partial charge in [0.05, 0.1) is 19.2 Å². The second kappa shape index (κ2) is 20.9. The van der Waals surface area contributed by atoms with Crippen molar-refractivity contribution in [2.75, 3.05) is 13.2 Å². The molecule has 1 aliphatic carbocycles. The molecule has 3 saturated heterocycles. The van der Waals surface area contributed by atoms with Gasteiger partial charge in [0.15, 0.2) is 11.8 Å². The highest BCUT2D eigenvalue weighted by Gasteiger charge is 2.76. The van der Waals surface area contributed by atoms with Crippen LogP contribution in [0.25, 0.3) is 6.08 Å². The first kappa shape index (κ1) is 47.1. The van der Waals surface area contributed by atoms with Crippen LogP contribution in [0.15, 0.2) is 54.6 Å². The first-order chi connectivity index (χ1) is 29.7. The molecule has 2 aromatic rings. The first-order valence-electron chi connectivity index (χ1n) is 22.6. The Kier molecular flexibility index (Phi) is 15.9. The van der Waals surface area contributed by atoms with E-state index in [-0.39, 0.29) is 51.1 Å². The van der Waals surface area contributed by atoms with Gasteiger partial charge in [-0.25, -0.2) is 0 Å². The van der Waals surface area contributed by atoms with Crippen LogP contribution in [-0.4, -0.2) is 100 Å². The highest BCUT2D eigenvalue weighted by molar-refractivity contribution is 5.94. The molecule has 3 heterocycles. The van der Waals surface area contributed by atoms with Crippen LogP contribution >= 0.6 is 0 Å². The van der Waals surface area contributed by atoms with Gasteiger partial charge in [-0.3, -0.25) is 24.0 Å². The van der Waals surface area contributed by atoms with E-state index in [1.807, 2.05) is 48.6 Å². The fourth-order valence-electron chi connectivity index (χ4n) is 9.33. The van der Waals surface area contributed by atoms with Crippen molar-refractivity contribution < 1.29 is 53.2 Å². The summed E-state index contributed by atoms with van der Waals surface area (Å²) in [4.78, 5) is 61.2. The number of aliphatic hydroxyl groups excluding tert-OH is 1. The quantitative estimate of drug-likeness (QED) is 0.0780. The monoisotopic (exact) mass is 861 g/mol. The number of fused-ring (bicyclic) bond motifs is 4. The molecule has 1 saturated carbocycles. The van der Waals surface area contributed by atoms with Crippen LogP contribution in [-0.2, 0) is 55.9 Å². The molecule has 2 amide bonds. The topological polar surface area (TPSA) is 182 Å². The Balaban J connectivity index is 1.21. The molecule has 3 aliphatic heterocycles. The summed E-state index contributed by atoms with van der Waals surface area (Å²) in [5.41, 5.74) is 0.502. The summed E-state index contributed by atoms with van der Waals surface area (Å²) in [6, 6.07) is 13.2. The number of aliphatic hydroxyl groups is 1. The molecule has 2 aromatic carbocycles. The number of ether oxygens (including phenoxy) is 4. The van der Waals surface area contributed by atoms with Gasteiger partial charge in [-0.1, -0.05) is 94.1 Å². The average molecular weight is 862 g/mol. The number of nitrogens with one attached hydrogen (secondary N) is 2. The normalized spacial score (nSPS) is 25.6. The average Bonchev–Trinajstić information content (AvgIpc) is 3.78. The lowest BCUT2D eigenvalue weighted by molar-refractivity contribution is -0.224. The van der Waals surface area contributed by atoms with Gasteiger partial charge in [-0.15, -0.1) is 0 Å². The van der Waals surface area contributed by atoms with E-state index in [9.17, 15) is 29.4 Å². The van der Waals surface area contributed by atoms with Crippen molar-refractivity contribution in [3.05, 3.63) is 71.3 Å². The number of phenols is 1. The molecule has 4 N–H and O–H groups in total. The molecular formula is C48H67N3O11. The summed E-state index contributed by atoms with van der Waals surface area (Å²) >= 11 is 0. The van der Waals surface area contributed by atoms with E-state index in [0.29, 0.717) is 19.3 Å². The molecule has 14 nitrogen and oxygen atoms in total. The summed E-state index contributed by atoms with van der Waals surface area (Å²) in [7, 11) is 0. The summed E-state index contributed by atoms with van der Waals surface area (Å²) in [6.45, 7) is 9.36. The Morgan fingerprint density at radius 2 is 1.71 bits per heavy atom. The molecule has 7 atom stereocenters. The molecule has 62 heavy (non-hydrogen) atoms. The van der Waals surface area contributed by atoms with E-state index < -0.39 is 77.1 Å². The predicted octanol–water partition coefficient (Wildman–Crippen LogP) is 6.19. The number of unbranched alkanes of at least 4 members (excludes halogenated alkanes) is 4. The zero-order valence-electron chi connectivity index (χ0n) is 37.1. The Labute approximate surface area is 366 Å². The van der Waals surface area contributed by atoms with E-state index in [1.165, 1.54) is 0 Å². The Hall–Kier alpha value is -4.34. The van der Waals surface area contributed by atoms with Crippen LogP contribution in [0.4, 0.5) is 0 Å². The molecule has 4 aliphatic rings. The van der Waals surface area contributed by atoms with Crippen molar-refractivity contribution in [1.29, 1.82) is 0 Å². The minimum Gasteiger partial charge on any atom is -0.508 e. The third-order valence-electron chi connectivity index (χ3n) is 12.3. The number of hydrogen-bond donors (Lipinski definition) is 4. The highest BCUT2D eigenvalue weighted by Crippen LogP contribution is 2.58. The fraction of sp³-hybridized carbons (Fsp3) is 0.625. The minimum absolute atomic E-state index is 0.0195. The minimum atomic E-state index is -1.42. The number of phenolic OH excluding ortho intramolecular Hbond substituents is 1. The fourth-order valence-corrected chi connectivity index (χ4v) is 9.33. The van der Waals surface area contributed by atoms with Crippen LogP contribution in [0.3, 0.4) is 0 Å². The summed E-state index contributed by atoms with van der Waals surface area (Å²) in [5.74, 6) is -2.53. The number of hydrogen-bond acceptors (Lipinski definition) is 12. The lowest BCUT2D eigenvalue weighted by Gasteiger charge is -2.48. The van der Waals surface area contributed by atoms with Crippen LogP contribution in [0.5, 0.6) is 5.75 Å². The lowest BCUT2D eigenvalue weighted by Crippen LogP contribution is -2.69. The number of amides is 2. The van der Waals surface area contributed by atoms with Crippen molar-refractivity contribution in [3.8, 4) is 5.75 Å². The summed E-state index contributed by atoms with van der Waals surface area (Å²) in [6.07, 6.45) is 9.00. The molecule has 0 unspecified atom stereocenters. The van der Waals surface area contributed by atoms with Crippen molar-refractivity contribution in [2.45, 2.75) is 173 Å². The number of carbonyl (C=O) groups excluding carboxylic acids is 4. The zero-order valence-corrected chi connectivity index (χ0v) is 37.1. The Bertz CT molecular complexity index is 1890. The number of allylic oxidation sites excluding steroid dienone is 1. The van der Waals surface area contributed by atoms with Crippen LogP contribution in [0.1, 0.15) is 128 Å². The number of aromatic hydroxyl groups is 1. The SMILES string of the molecule is CCCCCC1(CCCCC)O[C@@H]2[C@H](O1)[C@H]1ON(Cc3cccc(C=CCc4ccccc4O)c3)[C@H]3C(=O)O[C@@H]2C[C@@]13C(=O)NCCC(=O)N[C@H](CO)CCC(=O)OC(C)(C)C. The molecule has 4 fully saturated rings. The molecule has 340 valence electrons. The third-order valence-corrected chi connectivity index (χ3v) is 12.3. The molecule has 0 aromatic heterocycles. The molecule has 0 spiro atoms. The van der Waals surface area contributed by atoms with Gasteiger partial charge in [0.25, 0.3) is 0 Å². The number of para-hydroxylation sites is 1. The van der Waals surface area contributed by atoms with E-state index in [4.69, 9.17) is 23.8 Å². The number of esters is 2. The van der Waals surface area contributed by atoms with Gasteiger partial charge in [0.1, 0.15) is 41.2 Å². The van der Waals surface area contributed by atoms with Gasteiger partial charge >= 0.3 is 11.9 Å². The highest BCUT2D eigenvalue weighted by atomic mass is 16.8. The number of rotatable bonds is 22. The molecule has 6 rings (SSSR count). The summed E-state index contributed by atoms with van der Waals surface area (Å²) < 4.78 is 25.4. The van der Waals surface area contributed by atoms with E-state index in [0.717, 1.165) is 55.2 Å². The second-order valence-electron chi connectivity index (χ2n) is 18.3. The van der Waals surface area contributed by atoms with Crippen LogP contribution in [0, 0.1) is 5.41 Å². The predicted molar refractivity (Wildman–Crippen MR) is 231 cm³/mol. The number of hydroxylamine groups is 2. The van der Waals surface area contributed by atoms with Crippen molar-refractivity contribution in [3.63, 3.8) is 0 Å². The largest absolute Gasteiger partial charge is 0.508 e. The van der Waals surface area contributed by atoms with Gasteiger partial charge in [0, 0.05) is 38.6 Å². The maximum Gasteiger partial charge on any atom is 0.327 e. The second-order valence-corrected chi connectivity index (χ2v) is 18.3. The van der Waals surface area contributed by atoms with Gasteiger partial charge in [-0.05, 0) is 69.2 Å². The lowest BCUT2D eigenvalue weighted by atomic mass is 9.62. The molecular weight excluding hydrogens is 795 g/mol. The van der Waals surface area contributed by atoms with Crippen LogP contribution in [0.2, 0.25) is 0 Å². The van der Waals surface area contributed by atoms with Gasteiger partial charge in [0.2, 0.25) is 11.8 Å². The van der Waals surface area contributed by atoms with Crippen molar-refractivity contribution >= 4 is 29.8 Å². The molecule has 14 heteroatoms. The van der Waals surface area contributed by atoms with E-state index >= 15 is 0 Å². The van der Waals surface area contributed by atoms with Crippen molar-refractivity contribution in [1.82, 2.24) is 15.7 Å². The molecule has 2 bridgehead atoms. The maximum atomic E-state index is 14.8. The van der Waals surface area contributed by atoms with Gasteiger partial charge < -0.3 is 39.8 Å². The first-order valence-corrected chi connectivity index (χ1v) is 22.6. The number of nitrogens with zero attached hydrogens (tertiary/aromatic N) is 1. The maximum absolute atomic E-state index is 14.8. The third kappa shape index (κ3) is 11.2. The zero-order chi connectivity index (χ0) is 44.5. The summed E-state index contributed by atoms with van der Waals surface area (Å²) in [5, 5.41) is 27.4. The van der Waals surface area contributed by atoms with E-state index in [1.54, 1.807) is 38.0 Å². The van der Waals surface area contributed by atoms with Crippen molar-refractivity contribution in [2.24, 2.45) is 5.41 Å². The molecule has 0 radical (unpaired) electrons. The smallest absolute Gasteiger partial charge is 0.327 e. The Morgan fingerprint density at radius 1 is 0.984 bits per heavy atom.